The number of nitrogens with two attached hydrogens (primary N) is 1. The van der Waals surface area contributed by atoms with Crippen molar-refractivity contribution >= 4 is 0 Å². The molecule has 13 heavy (non-hydrogen) atoms. The van der Waals surface area contributed by atoms with E-state index in [-0.39, 0.29) is 0 Å². The van der Waals surface area contributed by atoms with Gasteiger partial charge in [0.1, 0.15) is 0 Å². The van der Waals surface area contributed by atoms with Crippen LogP contribution in [0, 0.1) is 0 Å². The molecule has 0 aromatic carbocycles. The molecule has 1 aromatic rings. The molecule has 0 atom stereocenters. The lowest BCUT2D eigenvalue weighted by atomic mass is 9.92. The lowest BCUT2D eigenvalue weighted by molar-refractivity contribution is 0.690. The van der Waals surface area contributed by atoms with E-state index in [9.17, 15) is 0 Å². The van der Waals surface area contributed by atoms with Gasteiger partial charge in [-0.05, 0) is 36.5 Å². The molecule has 0 amide bonds. The summed E-state index contributed by atoms with van der Waals surface area (Å²) < 4.78 is 0. The maximum Gasteiger partial charge on any atom is 0.0308 e. The summed E-state index contributed by atoms with van der Waals surface area (Å²) in [4.78, 5) is 4.19. The van der Waals surface area contributed by atoms with E-state index >= 15 is 0 Å². The van der Waals surface area contributed by atoms with Gasteiger partial charge in [0, 0.05) is 24.4 Å². The molecule has 1 aliphatic carbocycles. The smallest absolute Gasteiger partial charge is 0.0308 e. The van der Waals surface area contributed by atoms with Crippen LogP contribution in [0.3, 0.4) is 0 Å². The van der Waals surface area contributed by atoms with Crippen molar-refractivity contribution in [2.45, 2.75) is 31.6 Å². The molecule has 1 fully saturated rings. The minimum Gasteiger partial charge on any atom is -0.330 e. The number of hydrogen-bond acceptors (Lipinski definition) is 2. The van der Waals surface area contributed by atoms with Crippen LogP contribution in [0.5, 0.6) is 0 Å². The van der Waals surface area contributed by atoms with Crippen molar-refractivity contribution < 1.29 is 0 Å². The standard InChI is InChI=1S/C11H16N2/c1-2-9-3-6-13-7-10(9)11(8-12)4-5-11/h3,6-7H,2,4-5,8,12H2,1H3. The van der Waals surface area contributed by atoms with Gasteiger partial charge in [-0.25, -0.2) is 0 Å². The molecule has 0 saturated heterocycles. The van der Waals surface area contributed by atoms with Gasteiger partial charge in [0.25, 0.3) is 0 Å². The Bertz CT molecular complexity index is 303. The third-order valence-electron chi connectivity index (χ3n) is 3.11. The minimum atomic E-state index is 0.291. The van der Waals surface area contributed by atoms with Crippen LogP contribution in [-0.2, 0) is 11.8 Å². The number of hydrogen-bond donors (Lipinski definition) is 1. The van der Waals surface area contributed by atoms with Crippen molar-refractivity contribution in [3.63, 3.8) is 0 Å². The van der Waals surface area contributed by atoms with Crippen molar-refractivity contribution in [2.75, 3.05) is 6.54 Å². The molecule has 70 valence electrons. The topological polar surface area (TPSA) is 38.9 Å². The number of rotatable bonds is 3. The van der Waals surface area contributed by atoms with Crippen LogP contribution in [0.2, 0.25) is 0 Å². The van der Waals surface area contributed by atoms with E-state index in [4.69, 9.17) is 5.73 Å². The van der Waals surface area contributed by atoms with Crippen molar-refractivity contribution in [3.8, 4) is 0 Å². The second-order valence-corrected chi connectivity index (χ2v) is 3.87. The van der Waals surface area contributed by atoms with E-state index < -0.39 is 0 Å². The summed E-state index contributed by atoms with van der Waals surface area (Å²) in [5.74, 6) is 0. The summed E-state index contributed by atoms with van der Waals surface area (Å²) in [7, 11) is 0. The van der Waals surface area contributed by atoms with Crippen LogP contribution in [0.4, 0.5) is 0 Å². The molecule has 1 saturated carbocycles. The van der Waals surface area contributed by atoms with E-state index in [2.05, 4.69) is 18.0 Å². The van der Waals surface area contributed by atoms with Gasteiger partial charge in [0.2, 0.25) is 0 Å². The fraction of sp³-hybridized carbons (Fsp3) is 0.545. The molecular weight excluding hydrogens is 160 g/mol. The van der Waals surface area contributed by atoms with Gasteiger partial charge in [-0.1, -0.05) is 6.92 Å². The van der Waals surface area contributed by atoms with Gasteiger partial charge in [-0.2, -0.15) is 0 Å². The van der Waals surface area contributed by atoms with Crippen molar-refractivity contribution in [1.82, 2.24) is 4.98 Å². The molecule has 0 aliphatic heterocycles. The fourth-order valence-corrected chi connectivity index (χ4v) is 1.94. The van der Waals surface area contributed by atoms with Crippen molar-refractivity contribution in [3.05, 3.63) is 29.6 Å². The summed E-state index contributed by atoms with van der Waals surface area (Å²) in [5.41, 5.74) is 8.89. The molecule has 0 unspecified atom stereocenters. The first-order valence-electron chi connectivity index (χ1n) is 4.96. The van der Waals surface area contributed by atoms with E-state index in [1.54, 1.807) is 0 Å². The van der Waals surface area contributed by atoms with Crippen LogP contribution in [0.15, 0.2) is 18.5 Å². The van der Waals surface area contributed by atoms with Crippen LogP contribution < -0.4 is 5.73 Å². The SMILES string of the molecule is CCc1ccncc1C1(CN)CC1. The molecule has 1 aromatic heterocycles. The predicted molar refractivity (Wildman–Crippen MR) is 53.6 cm³/mol. The molecule has 0 radical (unpaired) electrons. The quantitative estimate of drug-likeness (QED) is 0.760. The normalized spacial score (nSPS) is 18.6. The lowest BCUT2D eigenvalue weighted by Gasteiger charge is -2.15. The monoisotopic (exact) mass is 176 g/mol. The average Bonchev–Trinajstić information content (AvgIpc) is 2.98. The molecule has 2 N–H and O–H groups in total. The van der Waals surface area contributed by atoms with E-state index in [0.717, 1.165) is 13.0 Å². The number of aryl methyl sites for hydroxylation is 1. The highest BCUT2D eigenvalue weighted by molar-refractivity contribution is 5.36. The Labute approximate surface area is 79.2 Å². The van der Waals surface area contributed by atoms with Crippen LogP contribution in [-0.4, -0.2) is 11.5 Å². The third kappa shape index (κ3) is 1.35. The average molecular weight is 176 g/mol. The highest BCUT2D eigenvalue weighted by Gasteiger charge is 2.44. The number of aromatic nitrogens is 1. The Morgan fingerprint density at radius 1 is 1.54 bits per heavy atom. The van der Waals surface area contributed by atoms with Crippen LogP contribution in [0.25, 0.3) is 0 Å². The van der Waals surface area contributed by atoms with E-state index in [1.165, 1.54) is 24.0 Å². The third-order valence-corrected chi connectivity index (χ3v) is 3.11. The van der Waals surface area contributed by atoms with Gasteiger partial charge < -0.3 is 5.73 Å². The van der Waals surface area contributed by atoms with Crippen molar-refractivity contribution in [1.29, 1.82) is 0 Å². The highest BCUT2D eigenvalue weighted by Crippen LogP contribution is 2.48. The molecule has 2 heteroatoms. The van der Waals surface area contributed by atoms with Crippen LogP contribution in [0.1, 0.15) is 30.9 Å². The second kappa shape index (κ2) is 3.11. The summed E-state index contributed by atoms with van der Waals surface area (Å²) in [6.07, 6.45) is 7.43. The van der Waals surface area contributed by atoms with Gasteiger partial charge >= 0.3 is 0 Å². The first-order valence-corrected chi connectivity index (χ1v) is 4.96. The van der Waals surface area contributed by atoms with E-state index in [1.807, 2.05) is 12.4 Å². The molecule has 2 nitrogen and oxygen atoms in total. The zero-order valence-corrected chi connectivity index (χ0v) is 8.09. The summed E-state index contributed by atoms with van der Waals surface area (Å²) in [6, 6.07) is 2.12. The van der Waals surface area contributed by atoms with Crippen molar-refractivity contribution in [2.24, 2.45) is 5.73 Å². The van der Waals surface area contributed by atoms with E-state index in [0.29, 0.717) is 5.41 Å². The first kappa shape index (κ1) is 8.70. The molecule has 2 rings (SSSR count). The number of pyridine rings is 1. The van der Waals surface area contributed by atoms with Gasteiger partial charge in [-0.15, -0.1) is 0 Å². The minimum absolute atomic E-state index is 0.291. The Morgan fingerprint density at radius 3 is 2.85 bits per heavy atom. The summed E-state index contributed by atoms with van der Waals surface area (Å²) in [6.45, 7) is 2.96. The Morgan fingerprint density at radius 2 is 2.31 bits per heavy atom. The summed E-state index contributed by atoms with van der Waals surface area (Å²) in [5, 5.41) is 0. The van der Waals surface area contributed by atoms with Crippen LogP contribution >= 0.6 is 0 Å². The number of nitrogens with zero attached hydrogens (tertiary/aromatic N) is 1. The maximum absolute atomic E-state index is 5.80. The van der Waals surface area contributed by atoms with Gasteiger partial charge in [0.15, 0.2) is 0 Å². The zero-order valence-electron chi connectivity index (χ0n) is 8.09. The second-order valence-electron chi connectivity index (χ2n) is 3.87. The highest BCUT2D eigenvalue weighted by atomic mass is 14.7. The molecule has 1 heterocycles. The molecule has 0 spiro atoms. The molecule has 1 aliphatic rings. The van der Waals surface area contributed by atoms with Gasteiger partial charge in [0.05, 0.1) is 0 Å². The largest absolute Gasteiger partial charge is 0.330 e. The first-order chi connectivity index (χ1) is 6.32. The zero-order chi connectivity index (χ0) is 9.31. The Hall–Kier alpha value is -0.890. The lowest BCUT2D eigenvalue weighted by Crippen LogP contribution is -2.21. The molecule has 0 bridgehead atoms. The molecular formula is C11H16N2. The fourth-order valence-electron chi connectivity index (χ4n) is 1.94. The van der Waals surface area contributed by atoms with Gasteiger partial charge in [-0.3, -0.25) is 4.98 Å². The maximum atomic E-state index is 5.80. The predicted octanol–water partition coefficient (Wildman–Crippen LogP) is 1.63. The summed E-state index contributed by atoms with van der Waals surface area (Å²) >= 11 is 0. The Kier molecular flexibility index (Phi) is 2.08. The Balaban J connectivity index is 2.39.